The summed E-state index contributed by atoms with van der Waals surface area (Å²) >= 11 is 0. The van der Waals surface area contributed by atoms with Gasteiger partial charge in [0.15, 0.2) is 11.6 Å². The fourth-order valence-electron chi connectivity index (χ4n) is 1.73. The van der Waals surface area contributed by atoms with E-state index in [0.29, 0.717) is 22.8 Å². The average molecular weight is 238 g/mol. The van der Waals surface area contributed by atoms with Crippen LogP contribution in [0.1, 0.15) is 0 Å². The summed E-state index contributed by atoms with van der Waals surface area (Å²) in [6.07, 6.45) is 3.39. The lowest BCUT2D eigenvalue weighted by Gasteiger charge is -2.00. The topological polar surface area (TPSA) is 77.8 Å². The maximum atomic E-state index is 5.84. The molecular weight excluding hydrogens is 228 g/mol. The third-order valence-electron chi connectivity index (χ3n) is 2.54. The van der Waals surface area contributed by atoms with Gasteiger partial charge in [-0.25, -0.2) is 0 Å². The van der Waals surface area contributed by atoms with Crippen molar-refractivity contribution in [3.8, 4) is 22.7 Å². The van der Waals surface area contributed by atoms with Crippen LogP contribution < -0.4 is 5.73 Å². The quantitative estimate of drug-likeness (QED) is 0.741. The zero-order chi connectivity index (χ0) is 12.4. The van der Waals surface area contributed by atoms with Gasteiger partial charge < -0.3 is 10.3 Å². The Labute approximate surface area is 103 Å². The van der Waals surface area contributed by atoms with Gasteiger partial charge in [-0.3, -0.25) is 9.97 Å². The minimum atomic E-state index is 0.314. The van der Waals surface area contributed by atoms with Crippen LogP contribution in [0.25, 0.3) is 22.7 Å². The minimum Gasteiger partial charge on any atom is -0.380 e. The molecule has 0 aliphatic carbocycles. The molecule has 0 amide bonds. The van der Waals surface area contributed by atoms with Crippen LogP contribution in [0.3, 0.4) is 0 Å². The molecule has 88 valence electrons. The third kappa shape index (κ3) is 1.71. The molecule has 0 unspecified atom stereocenters. The van der Waals surface area contributed by atoms with Crippen molar-refractivity contribution < 1.29 is 4.52 Å². The van der Waals surface area contributed by atoms with E-state index in [2.05, 4.69) is 15.1 Å². The molecule has 3 aromatic heterocycles. The molecule has 2 N–H and O–H groups in total. The van der Waals surface area contributed by atoms with Gasteiger partial charge in [0, 0.05) is 12.4 Å². The van der Waals surface area contributed by atoms with Crippen LogP contribution in [0.4, 0.5) is 5.82 Å². The summed E-state index contributed by atoms with van der Waals surface area (Å²) in [5.41, 5.74) is 7.92. The Morgan fingerprint density at radius 2 is 1.56 bits per heavy atom. The van der Waals surface area contributed by atoms with Crippen molar-refractivity contribution in [3.63, 3.8) is 0 Å². The molecule has 0 bridgehead atoms. The van der Waals surface area contributed by atoms with Gasteiger partial charge >= 0.3 is 0 Å². The van der Waals surface area contributed by atoms with Crippen LogP contribution in [0.15, 0.2) is 53.3 Å². The Balaban J connectivity index is 2.19. The number of hydrogen-bond donors (Lipinski definition) is 1. The SMILES string of the molecule is Nc1noc(-c2ccccn2)c1-c1ccccn1. The van der Waals surface area contributed by atoms with E-state index in [0.717, 1.165) is 5.69 Å². The summed E-state index contributed by atoms with van der Waals surface area (Å²) in [6.45, 7) is 0. The highest BCUT2D eigenvalue weighted by Crippen LogP contribution is 2.34. The first-order chi connectivity index (χ1) is 8.86. The molecule has 18 heavy (non-hydrogen) atoms. The van der Waals surface area contributed by atoms with Crippen molar-refractivity contribution in [2.45, 2.75) is 0 Å². The molecule has 0 aliphatic rings. The molecule has 3 heterocycles. The Hall–Kier alpha value is -2.69. The Morgan fingerprint density at radius 1 is 0.889 bits per heavy atom. The van der Waals surface area contributed by atoms with E-state index in [9.17, 15) is 0 Å². The number of anilines is 1. The van der Waals surface area contributed by atoms with Gasteiger partial charge in [-0.05, 0) is 24.3 Å². The smallest absolute Gasteiger partial charge is 0.196 e. The fourth-order valence-corrected chi connectivity index (χ4v) is 1.73. The van der Waals surface area contributed by atoms with Crippen LogP contribution >= 0.6 is 0 Å². The molecule has 5 nitrogen and oxygen atoms in total. The third-order valence-corrected chi connectivity index (χ3v) is 2.54. The number of nitrogens with two attached hydrogens (primary N) is 1. The van der Waals surface area contributed by atoms with E-state index in [1.807, 2.05) is 36.4 Å². The van der Waals surface area contributed by atoms with Crippen LogP contribution in [0, 0.1) is 0 Å². The highest BCUT2D eigenvalue weighted by molar-refractivity contribution is 5.83. The van der Waals surface area contributed by atoms with Gasteiger partial charge in [0.05, 0.1) is 11.3 Å². The number of pyridine rings is 2. The van der Waals surface area contributed by atoms with Gasteiger partial charge in [-0.15, -0.1) is 0 Å². The predicted octanol–water partition coefficient (Wildman–Crippen LogP) is 2.38. The van der Waals surface area contributed by atoms with Crippen molar-refractivity contribution in [2.24, 2.45) is 0 Å². The molecule has 3 aromatic rings. The number of aromatic nitrogens is 3. The van der Waals surface area contributed by atoms with E-state index in [-0.39, 0.29) is 0 Å². The number of nitrogen functional groups attached to an aromatic ring is 1. The number of hydrogen-bond acceptors (Lipinski definition) is 5. The summed E-state index contributed by atoms with van der Waals surface area (Å²) in [4.78, 5) is 8.49. The maximum Gasteiger partial charge on any atom is 0.196 e. The monoisotopic (exact) mass is 238 g/mol. The van der Waals surface area contributed by atoms with Crippen molar-refractivity contribution in [1.29, 1.82) is 0 Å². The van der Waals surface area contributed by atoms with Gasteiger partial charge in [0.2, 0.25) is 0 Å². The molecule has 5 heteroatoms. The second-order valence-electron chi connectivity index (χ2n) is 3.70. The second kappa shape index (κ2) is 4.29. The highest BCUT2D eigenvalue weighted by atomic mass is 16.5. The highest BCUT2D eigenvalue weighted by Gasteiger charge is 2.18. The van der Waals surface area contributed by atoms with Crippen LogP contribution in [0.2, 0.25) is 0 Å². The second-order valence-corrected chi connectivity index (χ2v) is 3.70. The molecule has 0 saturated carbocycles. The summed E-state index contributed by atoms with van der Waals surface area (Å²) in [5.74, 6) is 0.848. The van der Waals surface area contributed by atoms with E-state index in [4.69, 9.17) is 10.3 Å². The first-order valence-corrected chi connectivity index (χ1v) is 5.44. The lowest BCUT2D eigenvalue weighted by Crippen LogP contribution is -1.91. The van der Waals surface area contributed by atoms with Gasteiger partial charge in [-0.2, -0.15) is 0 Å². The van der Waals surface area contributed by atoms with E-state index >= 15 is 0 Å². The molecule has 0 spiro atoms. The zero-order valence-electron chi connectivity index (χ0n) is 9.45. The normalized spacial score (nSPS) is 10.4. The molecule has 0 aromatic carbocycles. The molecular formula is C13H10N4O. The van der Waals surface area contributed by atoms with Crippen LogP contribution in [-0.4, -0.2) is 15.1 Å². The van der Waals surface area contributed by atoms with E-state index in [1.165, 1.54) is 0 Å². The lowest BCUT2D eigenvalue weighted by atomic mass is 10.1. The summed E-state index contributed by atoms with van der Waals surface area (Å²) < 4.78 is 5.26. The first-order valence-electron chi connectivity index (χ1n) is 5.44. The molecule has 0 radical (unpaired) electrons. The number of rotatable bonds is 2. The minimum absolute atomic E-state index is 0.314. The van der Waals surface area contributed by atoms with Crippen LogP contribution in [-0.2, 0) is 0 Å². The Morgan fingerprint density at radius 3 is 2.17 bits per heavy atom. The van der Waals surface area contributed by atoms with Crippen molar-refractivity contribution in [2.75, 3.05) is 5.73 Å². The molecule has 0 atom stereocenters. The van der Waals surface area contributed by atoms with Crippen LogP contribution in [0.5, 0.6) is 0 Å². The fraction of sp³-hybridized carbons (Fsp3) is 0. The maximum absolute atomic E-state index is 5.84. The summed E-state index contributed by atoms with van der Waals surface area (Å²) in [5, 5.41) is 3.79. The summed E-state index contributed by atoms with van der Waals surface area (Å²) in [6, 6.07) is 11.1. The van der Waals surface area contributed by atoms with Crippen molar-refractivity contribution >= 4 is 5.82 Å². The largest absolute Gasteiger partial charge is 0.380 e. The summed E-state index contributed by atoms with van der Waals surface area (Å²) in [7, 11) is 0. The molecule has 0 saturated heterocycles. The molecule has 0 aliphatic heterocycles. The standard InChI is InChI=1S/C13H10N4O/c14-13-11(9-5-1-3-7-15-9)12(18-17-13)10-6-2-4-8-16-10/h1-8H,(H2,14,17). The predicted molar refractivity (Wildman–Crippen MR) is 67.4 cm³/mol. The molecule has 0 fully saturated rings. The number of nitrogens with zero attached hydrogens (tertiary/aromatic N) is 3. The van der Waals surface area contributed by atoms with E-state index < -0.39 is 0 Å². The first kappa shape index (κ1) is 10.5. The van der Waals surface area contributed by atoms with Gasteiger partial charge in [-0.1, -0.05) is 17.3 Å². The Bertz CT molecular complexity index is 649. The lowest BCUT2D eigenvalue weighted by molar-refractivity contribution is 0.435. The van der Waals surface area contributed by atoms with E-state index in [1.54, 1.807) is 12.4 Å². The van der Waals surface area contributed by atoms with Crippen molar-refractivity contribution in [1.82, 2.24) is 15.1 Å². The molecule has 3 rings (SSSR count). The zero-order valence-corrected chi connectivity index (χ0v) is 9.45. The van der Waals surface area contributed by atoms with Gasteiger partial charge in [0.25, 0.3) is 0 Å². The Kier molecular flexibility index (Phi) is 2.49. The van der Waals surface area contributed by atoms with Gasteiger partial charge in [0.1, 0.15) is 5.69 Å². The average Bonchev–Trinajstić information content (AvgIpc) is 2.83. The van der Waals surface area contributed by atoms with Crippen molar-refractivity contribution in [3.05, 3.63) is 48.8 Å².